The van der Waals surface area contributed by atoms with Crippen LogP contribution in [0.25, 0.3) is 0 Å². The summed E-state index contributed by atoms with van der Waals surface area (Å²) in [6, 6.07) is -4.31. The van der Waals surface area contributed by atoms with Crippen LogP contribution < -0.4 is 16.0 Å². The van der Waals surface area contributed by atoms with Crippen LogP contribution in [0.1, 0.15) is 97.8 Å². The fourth-order valence-electron chi connectivity index (χ4n) is 7.78. The Labute approximate surface area is 438 Å². The zero-order valence-electron chi connectivity index (χ0n) is 43.1. The molecule has 76 heavy (non-hydrogen) atoms. The lowest BCUT2D eigenvalue weighted by molar-refractivity contribution is -0.152. The van der Waals surface area contributed by atoms with E-state index in [2.05, 4.69) is 16.0 Å². The van der Waals surface area contributed by atoms with Crippen LogP contribution in [0.15, 0.2) is 0 Å². The van der Waals surface area contributed by atoms with Gasteiger partial charge in [0.1, 0.15) is 23.9 Å². The van der Waals surface area contributed by atoms with Crippen molar-refractivity contribution in [1.82, 2.24) is 30.7 Å². The largest absolute Gasteiger partial charge is 0.480 e. The fourth-order valence-corrected chi connectivity index (χ4v) is 7.78. The summed E-state index contributed by atoms with van der Waals surface area (Å²) in [4.78, 5) is 143. The average Bonchev–Trinajstić information content (AvgIpc) is 3.26. The van der Waals surface area contributed by atoms with E-state index in [1.54, 1.807) is 0 Å². The van der Waals surface area contributed by atoms with Gasteiger partial charge in [-0.2, -0.15) is 0 Å². The monoisotopic (exact) mass is 1100 g/mol. The number of hydrogen-bond acceptors (Lipinski definition) is 19. The lowest BCUT2D eigenvalue weighted by atomic mass is 9.97. The van der Waals surface area contributed by atoms with E-state index in [1.807, 2.05) is 20.8 Å². The average molecular weight is 1100 g/mol. The Kier molecular flexibility index (Phi) is 34.2. The molecule has 0 aliphatic rings. The number of ketones is 1. The summed E-state index contributed by atoms with van der Waals surface area (Å²) in [6.07, 6.45) is 0.672. The molecule has 0 aliphatic carbocycles. The van der Waals surface area contributed by atoms with Crippen molar-refractivity contribution in [1.29, 1.82) is 0 Å². The van der Waals surface area contributed by atoms with Crippen LogP contribution in [0.3, 0.4) is 0 Å². The third-order valence-corrected chi connectivity index (χ3v) is 10.9. The zero-order chi connectivity index (χ0) is 58.0. The second-order valence-corrected chi connectivity index (χ2v) is 18.8. The summed E-state index contributed by atoms with van der Waals surface area (Å²) in [6.45, 7) is -0.452. The minimum atomic E-state index is -1.54. The van der Waals surface area contributed by atoms with Gasteiger partial charge in [-0.3, -0.25) is 72.2 Å². The van der Waals surface area contributed by atoms with Crippen molar-refractivity contribution in [2.24, 2.45) is 0 Å². The van der Waals surface area contributed by atoms with Crippen molar-refractivity contribution in [3.8, 4) is 0 Å². The van der Waals surface area contributed by atoms with E-state index in [1.165, 1.54) is 0 Å². The quantitative estimate of drug-likeness (QED) is 0.0306. The fraction of sp³-hybridized carbons (Fsp3) is 0.739. The highest BCUT2D eigenvalue weighted by Crippen LogP contribution is 2.17. The predicted octanol–water partition coefficient (Wildman–Crippen LogP) is -1.58. The van der Waals surface area contributed by atoms with Crippen molar-refractivity contribution >= 4 is 71.3 Å². The lowest BCUT2D eigenvalue weighted by Gasteiger charge is -2.40. The third-order valence-electron chi connectivity index (χ3n) is 10.9. The summed E-state index contributed by atoms with van der Waals surface area (Å²) in [5.74, 6) is -14.0. The van der Waals surface area contributed by atoms with Gasteiger partial charge in [0, 0.05) is 44.3 Å². The van der Waals surface area contributed by atoms with Gasteiger partial charge in [-0.05, 0) is 59.3 Å². The number of aliphatic carboxylic acids is 9. The Morgan fingerprint density at radius 1 is 0.408 bits per heavy atom. The molecule has 0 saturated carbocycles. The first-order chi connectivity index (χ1) is 35.5. The van der Waals surface area contributed by atoms with E-state index in [0.29, 0.717) is 12.8 Å². The van der Waals surface area contributed by atoms with Crippen LogP contribution in [0.5, 0.6) is 0 Å². The molecule has 4 atom stereocenters. The van der Waals surface area contributed by atoms with E-state index >= 15 is 0 Å². The Morgan fingerprint density at radius 2 is 0.737 bits per heavy atom. The zero-order valence-corrected chi connectivity index (χ0v) is 43.1. The molecular formula is C46H76N6O24. The molecule has 30 heteroatoms. The summed E-state index contributed by atoms with van der Waals surface area (Å²) >= 11 is 0. The number of hydrogen-bond donors (Lipinski definition) is 12. The van der Waals surface area contributed by atoms with Gasteiger partial charge in [0.05, 0.1) is 84.4 Å². The van der Waals surface area contributed by atoms with Gasteiger partial charge in [0.15, 0.2) is 0 Å². The van der Waals surface area contributed by atoms with Gasteiger partial charge in [0.25, 0.3) is 0 Å². The van der Waals surface area contributed by atoms with Gasteiger partial charge in [-0.1, -0.05) is 12.8 Å². The predicted molar refractivity (Wildman–Crippen MR) is 259 cm³/mol. The first-order valence-corrected chi connectivity index (χ1v) is 24.3. The second kappa shape index (κ2) is 37.3. The lowest BCUT2D eigenvalue weighted by Crippen LogP contribution is -2.62. The van der Waals surface area contributed by atoms with Crippen LogP contribution >= 0.6 is 0 Å². The van der Waals surface area contributed by atoms with Crippen molar-refractivity contribution in [2.75, 3.05) is 92.0 Å². The Morgan fingerprint density at radius 3 is 1.08 bits per heavy atom. The molecule has 0 aliphatic heterocycles. The number of carboxylic acid groups (broad SMARTS) is 9. The van der Waals surface area contributed by atoms with Gasteiger partial charge < -0.3 is 76.1 Å². The van der Waals surface area contributed by atoms with Crippen molar-refractivity contribution in [3.63, 3.8) is 0 Å². The number of rotatable bonds is 48. The topological polar surface area (TPSA) is 460 Å². The second-order valence-electron chi connectivity index (χ2n) is 18.8. The highest BCUT2D eigenvalue weighted by Gasteiger charge is 2.36. The molecule has 30 nitrogen and oxygen atoms in total. The summed E-state index contributed by atoms with van der Waals surface area (Å²) in [7, 11) is 0. The molecule has 0 aromatic rings. The van der Waals surface area contributed by atoms with E-state index in [9.17, 15) is 72.9 Å². The molecule has 0 aromatic carbocycles. The van der Waals surface area contributed by atoms with E-state index in [4.69, 9.17) is 44.8 Å². The maximum atomic E-state index is 12.8. The normalized spacial score (nSPS) is 13.6. The number of ether oxygens (including phenoxy) is 3. The number of carbonyl (C=O) groups is 12. The Balaban J connectivity index is 5.74. The maximum Gasteiger partial charge on any atom is 0.321 e. The van der Waals surface area contributed by atoms with Crippen LogP contribution in [0.2, 0.25) is 0 Å². The van der Waals surface area contributed by atoms with E-state index in [0.717, 1.165) is 14.7 Å². The smallest absolute Gasteiger partial charge is 0.321 e. The van der Waals surface area contributed by atoms with Crippen LogP contribution in [-0.2, 0) is 71.7 Å². The summed E-state index contributed by atoms with van der Waals surface area (Å²) < 4.78 is 17.9. The minimum Gasteiger partial charge on any atom is -0.480 e. The maximum absolute atomic E-state index is 12.8. The molecule has 2 amide bonds. The molecule has 0 fully saturated rings. The SMILES string of the molecule is CC(C)(C)NC(COCCC(=O)CCCCCC(C(=O)O)N(CC(=O)O)CC(=O)O)(COCCC(=O)NCCCCC(C(=O)O)N(CC(=O)O)CC(=O)O)COCCC(=O)NCCC(C(=O)O)N(CC(=O)O)CC(=O)O. The molecule has 0 radical (unpaired) electrons. The number of Topliss-reactive ketones (excluding diaryl/α,β-unsaturated/α-hetero) is 1. The Bertz CT molecular complexity index is 1800. The van der Waals surface area contributed by atoms with Crippen LogP contribution in [0.4, 0.5) is 0 Å². The number of nitrogens with one attached hydrogen (secondary N) is 3. The molecular weight excluding hydrogens is 1020 g/mol. The van der Waals surface area contributed by atoms with E-state index < -0.39 is 134 Å². The molecule has 434 valence electrons. The van der Waals surface area contributed by atoms with Crippen LogP contribution in [-0.4, -0.2) is 253 Å². The minimum absolute atomic E-state index is 0.0383. The van der Waals surface area contributed by atoms with Gasteiger partial charge in [-0.15, -0.1) is 0 Å². The summed E-state index contributed by atoms with van der Waals surface area (Å²) in [5, 5.41) is 92.1. The molecule has 0 heterocycles. The van der Waals surface area contributed by atoms with Crippen molar-refractivity contribution in [3.05, 3.63) is 0 Å². The molecule has 0 aromatic heterocycles. The highest BCUT2D eigenvalue weighted by atomic mass is 16.5. The van der Waals surface area contributed by atoms with Gasteiger partial charge >= 0.3 is 53.7 Å². The molecule has 0 saturated heterocycles. The molecule has 4 unspecified atom stereocenters. The van der Waals surface area contributed by atoms with Crippen molar-refractivity contribution in [2.45, 2.75) is 127 Å². The third kappa shape index (κ3) is 34.2. The summed E-state index contributed by atoms with van der Waals surface area (Å²) in [5.41, 5.74) is -1.83. The molecule has 0 bridgehead atoms. The number of nitrogens with zero attached hydrogens (tertiary/aromatic N) is 3. The van der Waals surface area contributed by atoms with E-state index in [-0.39, 0.29) is 123 Å². The highest BCUT2D eigenvalue weighted by molar-refractivity contribution is 5.81. The van der Waals surface area contributed by atoms with Gasteiger partial charge in [0.2, 0.25) is 11.8 Å². The van der Waals surface area contributed by atoms with Gasteiger partial charge in [-0.25, -0.2) is 0 Å². The van der Waals surface area contributed by atoms with Crippen LogP contribution in [0, 0.1) is 0 Å². The molecule has 0 spiro atoms. The number of amides is 2. The first-order valence-electron chi connectivity index (χ1n) is 24.3. The first kappa shape index (κ1) is 69.6. The molecule has 0 rings (SSSR count). The van der Waals surface area contributed by atoms with Crippen molar-refractivity contribution < 1.29 is 118 Å². The number of carbonyl (C=O) groups excluding carboxylic acids is 3. The molecule has 12 N–H and O–H groups in total. The standard InChI is InChI=1S/C46H76N6O24/c1-45(2,3)49-46(29-76-20-15-35(55)48-17-12-33(44(72)73)52(25-40(64)65)26-41(66)67,27-74-18-13-30(53)9-5-4-6-10-31(42(68)69)50(21-36(56)57)22-37(58)59)28-75-19-14-34(54)47-16-8-7-11-32(43(70)71)51(23-38(60)61)24-39(62)63/h31-33,49H,4-29H2,1-3H3,(H,47,54)(H,48,55)(H,56,57)(H,58,59)(H,60,61)(H,62,63)(H,64,65)(H,66,67)(H,68,69)(H,70,71)(H,72,73). The Hall–Kier alpha value is -6.44. The number of carboxylic acids is 9. The number of unbranched alkanes of at least 4 members (excludes halogenated alkanes) is 3.